The maximum atomic E-state index is 12.1. The molecule has 1 aliphatic carbocycles. The van der Waals surface area contributed by atoms with E-state index in [1.54, 1.807) is 0 Å². The number of Topliss-reactive ketones (excluding diaryl/α,β-unsaturated/α-hetero) is 1. The fourth-order valence-corrected chi connectivity index (χ4v) is 2.25. The van der Waals surface area contributed by atoms with Crippen molar-refractivity contribution in [2.24, 2.45) is 5.41 Å². The van der Waals surface area contributed by atoms with Crippen LogP contribution in [-0.2, 0) is 4.79 Å². The summed E-state index contributed by atoms with van der Waals surface area (Å²) >= 11 is 0. The van der Waals surface area contributed by atoms with E-state index in [-0.39, 0.29) is 5.41 Å². The van der Waals surface area contributed by atoms with Crippen molar-refractivity contribution in [1.82, 2.24) is 4.90 Å². The molecule has 0 aliphatic heterocycles. The Morgan fingerprint density at radius 2 is 2.14 bits per heavy atom. The zero-order chi connectivity index (χ0) is 10.8. The van der Waals surface area contributed by atoms with Gasteiger partial charge in [0.15, 0.2) is 5.78 Å². The summed E-state index contributed by atoms with van der Waals surface area (Å²) in [4.78, 5) is 14.0. The molecule has 1 atom stereocenters. The van der Waals surface area contributed by atoms with Crippen LogP contribution in [0.3, 0.4) is 0 Å². The largest absolute Gasteiger partial charge is 0.383 e. The van der Waals surface area contributed by atoms with Crippen molar-refractivity contribution in [3.63, 3.8) is 0 Å². The molecule has 1 rings (SSSR count). The lowest BCUT2D eigenvalue weighted by atomic mass is 9.83. The zero-order valence-corrected chi connectivity index (χ0v) is 9.76. The van der Waals surface area contributed by atoms with Gasteiger partial charge in [0.25, 0.3) is 0 Å². The molecule has 1 saturated carbocycles. The summed E-state index contributed by atoms with van der Waals surface area (Å²) in [7, 11) is 3.94. The first kappa shape index (κ1) is 11.3. The standard InChI is InChI=1S/C12H21NO/c1-5-7-12(2)8-6-10(11(12)14)9-13(3)4/h9H,5-8H2,1-4H3/b10-9+. The number of allylic oxidation sites excluding steroid dienone is 1. The minimum absolute atomic E-state index is 0.0728. The summed E-state index contributed by atoms with van der Waals surface area (Å²) in [6.07, 6.45) is 6.07. The predicted octanol–water partition coefficient (Wildman–Crippen LogP) is 2.60. The summed E-state index contributed by atoms with van der Waals surface area (Å²) in [5, 5.41) is 0. The van der Waals surface area contributed by atoms with Crippen LogP contribution in [0, 0.1) is 5.41 Å². The van der Waals surface area contributed by atoms with Gasteiger partial charge in [-0.2, -0.15) is 0 Å². The number of hydrogen-bond acceptors (Lipinski definition) is 2. The van der Waals surface area contributed by atoms with Gasteiger partial charge >= 0.3 is 0 Å². The summed E-state index contributed by atoms with van der Waals surface area (Å²) < 4.78 is 0. The molecule has 14 heavy (non-hydrogen) atoms. The molecule has 0 bridgehead atoms. The number of rotatable bonds is 3. The highest BCUT2D eigenvalue weighted by Crippen LogP contribution is 2.41. The van der Waals surface area contributed by atoms with Crippen LogP contribution in [0.5, 0.6) is 0 Å². The lowest BCUT2D eigenvalue weighted by Crippen LogP contribution is -2.22. The second-order valence-corrected chi connectivity index (χ2v) is 4.76. The Balaban J connectivity index is 2.78. The number of hydrogen-bond donors (Lipinski definition) is 0. The molecular weight excluding hydrogens is 174 g/mol. The van der Waals surface area contributed by atoms with Crippen LogP contribution in [0.4, 0.5) is 0 Å². The smallest absolute Gasteiger partial charge is 0.166 e. The minimum atomic E-state index is -0.0728. The molecular formula is C12H21NO. The Bertz CT molecular complexity index is 255. The van der Waals surface area contributed by atoms with Gasteiger partial charge in [-0.15, -0.1) is 0 Å². The van der Waals surface area contributed by atoms with Gasteiger partial charge in [-0.1, -0.05) is 20.3 Å². The first-order valence-corrected chi connectivity index (χ1v) is 5.41. The van der Waals surface area contributed by atoms with E-state index in [0.717, 1.165) is 31.3 Å². The monoisotopic (exact) mass is 195 g/mol. The van der Waals surface area contributed by atoms with Crippen molar-refractivity contribution >= 4 is 5.78 Å². The van der Waals surface area contributed by atoms with Crippen molar-refractivity contribution in [2.75, 3.05) is 14.1 Å². The SMILES string of the molecule is CCCC1(C)CC/C(=C\N(C)C)C1=O. The van der Waals surface area contributed by atoms with Gasteiger partial charge in [0, 0.05) is 31.3 Å². The molecule has 2 heteroatoms. The van der Waals surface area contributed by atoms with E-state index < -0.39 is 0 Å². The quantitative estimate of drug-likeness (QED) is 0.645. The molecule has 2 nitrogen and oxygen atoms in total. The Morgan fingerprint density at radius 3 is 2.64 bits per heavy atom. The lowest BCUT2D eigenvalue weighted by Gasteiger charge is -2.20. The second-order valence-electron chi connectivity index (χ2n) is 4.76. The first-order valence-electron chi connectivity index (χ1n) is 5.41. The molecule has 0 aromatic heterocycles. The Hall–Kier alpha value is -0.790. The molecule has 1 aliphatic rings. The Kier molecular flexibility index (Phi) is 3.35. The van der Waals surface area contributed by atoms with Crippen molar-refractivity contribution in [3.8, 4) is 0 Å². The van der Waals surface area contributed by atoms with E-state index in [1.807, 2.05) is 25.2 Å². The zero-order valence-electron chi connectivity index (χ0n) is 9.76. The summed E-state index contributed by atoms with van der Waals surface area (Å²) in [6.45, 7) is 4.25. The first-order chi connectivity index (χ1) is 6.49. The van der Waals surface area contributed by atoms with Crippen molar-refractivity contribution in [2.45, 2.75) is 39.5 Å². The third-order valence-electron chi connectivity index (χ3n) is 3.00. The second kappa shape index (κ2) is 4.16. The summed E-state index contributed by atoms with van der Waals surface area (Å²) in [6, 6.07) is 0. The number of ketones is 1. The molecule has 0 amide bonds. The lowest BCUT2D eigenvalue weighted by molar-refractivity contribution is -0.122. The molecule has 80 valence electrons. The van der Waals surface area contributed by atoms with Crippen molar-refractivity contribution < 1.29 is 4.79 Å². The van der Waals surface area contributed by atoms with E-state index in [1.165, 1.54) is 0 Å². The number of carbonyl (C=O) groups is 1. The van der Waals surface area contributed by atoms with Crippen LogP contribution < -0.4 is 0 Å². The van der Waals surface area contributed by atoms with Gasteiger partial charge in [0.1, 0.15) is 0 Å². The normalized spacial score (nSPS) is 30.0. The maximum Gasteiger partial charge on any atom is 0.166 e. The highest BCUT2D eigenvalue weighted by Gasteiger charge is 2.39. The molecule has 0 radical (unpaired) electrons. The van der Waals surface area contributed by atoms with Crippen LogP contribution in [0.25, 0.3) is 0 Å². The van der Waals surface area contributed by atoms with E-state index in [0.29, 0.717) is 5.78 Å². The molecule has 1 unspecified atom stereocenters. The predicted molar refractivity (Wildman–Crippen MR) is 59.0 cm³/mol. The van der Waals surface area contributed by atoms with Crippen molar-refractivity contribution in [3.05, 3.63) is 11.8 Å². The van der Waals surface area contributed by atoms with Crippen LogP contribution in [-0.4, -0.2) is 24.8 Å². The average molecular weight is 195 g/mol. The van der Waals surface area contributed by atoms with E-state index in [9.17, 15) is 4.79 Å². The van der Waals surface area contributed by atoms with Crippen LogP contribution in [0.15, 0.2) is 11.8 Å². The van der Waals surface area contributed by atoms with E-state index >= 15 is 0 Å². The average Bonchev–Trinajstić information content (AvgIpc) is 2.33. The third-order valence-corrected chi connectivity index (χ3v) is 3.00. The topological polar surface area (TPSA) is 20.3 Å². The third kappa shape index (κ3) is 2.17. The van der Waals surface area contributed by atoms with Crippen LogP contribution in [0.1, 0.15) is 39.5 Å². The van der Waals surface area contributed by atoms with E-state index in [4.69, 9.17) is 0 Å². The molecule has 0 aromatic rings. The Labute approximate surface area is 87.0 Å². The summed E-state index contributed by atoms with van der Waals surface area (Å²) in [5.74, 6) is 0.369. The number of nitrogens with zero attached hydrogens (tertiary/aromatic N) is 1. The van der Waals surface area contributed by atoms with Crippen LogP contribution in [0.2, 0.25) is 0 Å². The van der Waals surface area contributed by atoms with Crippen LogP contribution >= 0.6 is 0 Å². The molecule has 0 N–H and O–H groups in total. The molecule has 0 spiro atoms. The summed E-state index contributed by atoms with van der Waals surface area (Å²) in [5.41, 5.74) is 0.933. The van der Waals surface area contributed by atoms with Gasteiger partial charge in [-0.3, -0.25) is 4.79 Å². The van der Waals surface area contributed by atoms with Crippen molar-refractivity contribution in [1.29, 1.82) is 0 Å². The highest BCUT2D eigenvalue weighted by atomic mass is 16.1. The Morgan fingerprint density at radius 1 is 1.50 bits per heavy atom. The van der Waals surface area contributed by atoms with Gasteiger partial charge in [0.2, 0.25) is 0 Å². The van der Waals surface area contributed by atoms with E-state index in [2.05, 4.69) is 13.8 Å². The van der Waals surface area contributed by atoms with Gasteiger partial charge in [0.05, 0.1) is 0 Å². The highest BCUT2D eigenvalue weighted by molar-refractivity contribution is 6.01. The molecule has 0 heterocycles. The fourth-order valence-electron chi connectivity index (χ4n) is 2.25. The molecule has 0 aromatic carbocycles. The molecule has 0 saturated heterocycles. The van der Waals surface area contributed by atoms with Gasteiger partial charge in [-0.05, 0) is 19.3 Å². The molecule has 1 fully saturated rings. The number of carbonyl (C=O) groups excluding carboxylic acids is 1. The maximum absolute atomic E-state index is 12.1. The minimum Gasteiger partial charge on any atom is -0.383 e. The van der Waals surface area contributed by atoms with Gasteiger partial charge < -0.3 is 4.90 Å². The van der Waals surface area contributed by atoms with Gasteiger partial charge in [-0.25, -0.2) is 0 Å². The fraction of sp³-hybridized carbons (Fsp3) is 0.750.